The second-order valence-electron chi connectivity index (χ2n) is 7.06. The summed E-state index contributed by atoms with van der Waals surface area (Å²) >= 11 is 1.53. The van der Waals surface area contributed by atoms with Gasteiger partial charge in [0.2, 0.25) is 4.80 Å². The molecule has 1 heterocycles. The predicted octanol–water partition coefficient (Wildman–Crippen LogP) is 4.82. The van der Waals surface area contributed by atoms with Crippen molar-refractivity contribution in [1.82, 2.24) is 4.68 Å². The molecule has 0 aliphatic carbocycles. The van der Waals surface area contributed by atoms with Crippen molar-refractivity contribution in [2.45, 2.75) is 0 Å². The summed E-state index contributed by atoms with van der Waals surface area (Å²) in [6, 6.07) is 15.9. The molecular formula is C25H25N3O4S. The molecule has 0 saturated heterocycles. The van der Waals surface area contributed by atoms with Gasteiger partial charge < -0.3 is 18.9 Å². The van der Waals surface area contributed by atoms with Crippen LogP contribution in [0.3, 0.4) is 0 Å². The molecule has 0 radical (unpaired) electrons. The Morgan fingerprint density at radius 1 is 0.788 bits per heavy atom. The summed E-state index contributed by atoms with van der Waals surface area (Å²) in [5.74, 6) is 2.65. The van der Waals surface area contributed by atoms with Crippen LogP contribution < -0.4 is 23.7 Å². The zero-order valence-electron chi connectivity index (χ0n) is 19.2. The van der Waals surface area contributed by atoms with Crippen LogP contribution in [0.15, 0.2) is 64.0 Å². The fourth-order valence-corrected chi connectivity index (χ4v) is 4.35. The van der Waals surface area contributed by atoms with E-state index in [2.05, 4.69) is 34.6 Å². The molecule has 170 valence electrons. The smallest absolute Gasteiger partial charge is 0.205 e. The lowest BCUT2D eigenvalue weighted by Crippen LogP contribution is -2.11. The van der Waals surface area contributed by atoms with Gasteiger partial charge in [0.25, 0.3) is 0 Å². The SMILES string of the molecule is CN=c1scc(-c2ccc3cc(OC)ccc3c2)n1N=Cc1cc(OC)c(OC)cc1OC. The van der Waals surface area contributed by atoms with Gasteiger partial charge in [-0.1, -0.05) is 18.2 Å². The molecule has 0 spiro atoms. The maximum Gasteiger partial charge on any atom is 0.205 e. The maximum atomic E-state index is 5.53. The van der Waals surface area contributed by atoms with Crippen molar-refractivity contribution in [2.75, 3.05) is 35.5 Å². The van der Waals surface area contributed by atoms with Gasteiger partial charge in [0, 0.05) is 29.6 Å². The number of hydrogen-bond donors (Lipinski definition) is 0. The van der Waals surface area contributed by atoms with Gasteiger partial charge in [-0.05, 0) is 35.0 Å². The molecule has 0 fully saturated rings. The van der Waals surface area contributed by atoms with Crippen molar-refractivity contribution < 1.29 is 18.9 Å². The molecular weight excluding hydrogens is 438 g/mol. The number of nitrogens with zero attached hydrogens (tertiary/aromatic N) is 3. The Balaban J connectivity index is 1.79. The van der Waals surface area contributed by atoms with Crippen molar-refractivity contribution in [2.24, 2.45) is 10.1 Å². The van der Waals surface area contributed by atoms with Crippen molar-refractivity contribution in [3.05, 3.63) is 64.3 Å². The predicted molar refractivity (Wildman–Crippen MR) is 132 cm³/mol. The number of hydrogen-bond acceptors (Lipinski definition) is 7. The van der Waals surface area contributed by atoms with E-state index in [1.54, 1.807) is 47.8 Å². The highest BCUT2D eigenvalue weighted by atomic mass is 32.1. The van der Waals surface area contributed by atoms with E-state index >= 15 is 0 Å². The maximum absolute atomic E-state index is 5.53. The quantitative estimate of drug-likeness (QED) is 0.369. The molecule has 7 nitrogen and oxygen atoms in total. The Morgan fingerprint density at radius 3 is 2.18 bits per heavy atom. The highest BCUT2D eigenvalue weighted by molar-refractivity contribution is 7.07. The van der Waals surface area contributed by atoms with Gasteiger partial charge in [0.15, 0.2) is 11.5 Å². The number of rotatable bonds is 7. The Hall–Kier alpha value is -3.78. The fraction of sp³-hybridized carbons (Fsp3) is 0.200. The Kier molecular flexibility index (Phi) is 6.65. The van der Waals surface area contributed by atoms with Crippen molar-refractivity contribution >= 4 is 28.3 Å². The van der Waals surface area contributed by atoms with Crippen LogP contribution in [-0.2, 0) is 0 Å². The summed E-state index contributed by atoms with van der Waals surface area (Å²) in [4.78, 5) is 5.17. The number of thiazole rings is 1. The van der Waals surface area contributed by atoms with Gasteiger partial charge in [-0.15, -0.1) is 11.3 Å². The van der Waals surface area contributed by atoms with Crippen molar-refractivity contribution in [1.29, 1.82) is 0 Å². The Morgan fingerprint density at radius 2 is 1.48 bits per heavy atom. The molecule has 0 amide bonds. The van der Waals surface area contributed by atoms with E-state index in [1.807, 2.05) is 22.9 Å². The van der Waals surface area contributed by atoms with Crippen LogP contribution >= 0.6 is 11.3 Å². The van der Waals surface area contributed by atoms with Crippen LogP contribution in [0.5, 0.6) is 23.0 Å². The molecule has 33 heavy (non-hydrogen) atoms. The first-order chi connectivity index (χ1) is 16.1. The average molecular weight is 464 g/mol. The zero-order chi connectivity index (χ0) is 23.4. The second kappa shape index (κ2) is 9.79. The Labute approximate surface area is 196 Å². The molecule has 0 saturated carbocycles. The highest BCUT2D eigenvalue weighted by Crippen LogP contribution is 2.34. The summed E-state index contributed by atoms with van der Waals surface area (Å²) < 4.78 is 23.5. The minimum atomic E-state index is 0.590. The van der Waals surface area contributed by atoms with E-state index in [0.717, 1.165) is 38.1 Å². The molecule has 0 atom stereocenters. The van der Waals surface area contributed by atoms with Crippen LogP contribution in [0.2, 0.25) is 0 Å². The molecule has 0 unspecified atom stereocenters. The lowest BCUT2D eigenvalue weighted by atomic mass is 10.1. The van der Waals surface area contributed by atoms with E-state index < -0.39 is 0 Å². The van der Waals surface area contributed by atoms with Crippen LogP contribution in [0.4, 0.5) is 0 Å². The monoisotopic (exact) mass is 463 g/mol. The van der Waals surface area contributed by atoms with E-state index in [0.29, 0.717) is 17.2 Å². The van der Waals surface area contributed by atoms with Crippen LogP contribution in [0.25, 0.3) is 22.0 Å². The van der Waals surface area contributed by atoms with E-state index in [9.17, 15) is 0 Å². The first kappa shape index (κ1) is 22.4. The third kappa shape index (κ3) is 4.42. The molecule has 0 aliphatic heterocycles. The van der Waals surface area contributed by atoms with Crippen LogP contribution in [0, 0.1) is 0 Å². The third-order valence-corrected chi connectivity index (χ3v) is 6.18. The molecule has 0 N–H and O–H groups in total. The summed E-state index contributed by atoms with van der Waals surface area (Å²) in [5, 5.41) is 9.02. The van der Waals surface area contributed by atoms with Gasteiger partial charge >= 0.3 is 0 Å². The topological polar surface area (TPSA) is 66.6 Å². The number of benzene rings is 3. The van der Waals surface area contributed by atoms with Gasteiger partial charge in [-0.2, -0.15) is 5.10 Å². The Bertz CT molecular complexity index is 1390. The van der Waals surface area contributed by atoms with Gasteiger partial charge in [0.1, 0.15) is 11.5 Å². The summed E-state index contributed by atoms with van der Waals surface area (Å²) in [6.07, 6.45) is 1.73. The fourth-order valence-electron chi connectivity index (χ4n) is 3.54. The number of aromatic nitrogens is 1. The van der Waals surface area contributed by atoms with Gasteiger partial charge in [-0.3, -0.25) is 4.99 Å². The molecule has 1 aromatic heterocycles. The van der Waals surface area contributed by atoms with E-state index in [-0.39, 0.29) is 0 Å². The minimum Gasteiger partial charge on any atom is -0.497 e. The number of methoxy groups -OCH3 is 4. The van der Waals surface area contributed by atoms with Gasteiger partial charge in [0.05, 0.1) is 40.3 Å². The largest absolute Gasteiger partial charge is 0.497 e. The summed E-state index contributed by atoms with van der Waals surface area (Å²) in [7, 11) is 8.22. The first-order valence-electron chi connectivity index (χ1n) is 10.2. The normalized spacial score (nSPS) is 11.8. The molecule has 0 bridgehead atoms. The van der Waals surface area contributed by atoms with E-state index in [1.165, 1.54) is 11.3 Å². The zero-order valence-corrected chi connectivity index (χ0v) is 20.0. The lowest BCUT2D eigenvalue weighted by Gasteiger charge is -2.12. The number of ether oxygens (including phenoxy) is 4. The first-order valence-corrected chi connectivity index (χ1v) is 11.1. The molecule has 8 heteroatoms. The second-order valence-corrected chi connectivity index (χ2v) is 7.90. The van der Waals surface area contributed by atoms with Crippen LogP contribution in [-0.4, -0.2) is 46.4 Å². The van der Waals surface area contributed by atoms with E-state index in [4.69, 9.17) is 24.0 Å². The molecule has 4 rings (SSSR count). The van der Waals surface area contributed by atoms with Crippen molar-refractivity contribution in [3.8, 4) is 34.3 Å². The lowest BCUT2D eigenvalue weighted by molar-refractivity contribution is 0.349. The summed E-state index contributed by atoms with van der Waals surface area (Å²) in [6.45, 7) is 0. The molecule has 0 aliphatic rings. The standard InChI is InChI=1S/C25H25N3O4S/c1-26-25-28(27-14-19-12-23(31-4)24(32-5)13-22(19)30-3)21(15-33-25)18-7-6-17-11-20(29-2)9-8-16(17)10-18/h6-15H,1-5H3. The average Bonchev–Trinajstić information content (AvgIpc) is 3.28. The van der Waals surface area contributed by atoms with Crippen molar-refractivity contribution in [3.63, 3.8) is 0 Å². The minimum absolute atomic E-state index is 0.590. The van der Waals surface area contributed by atoms with Crippen LogP contribution in [0.1, 0.15) is 5.56 Å². The van der Waals surface area contributed by atoms with Gasteiger partial charge in [-0.25, -0.2) is 4.68 Å². The summed E-state index contributed by atoms with van der Waals surface area (Å²) in [5.41, 5.74) is 2.73. The highest BCUT2D eigenvalue weighted by Gasteiger charge is 2.12. The third-order valence-electron chi connectivity index (χ3n) is 5.27. The molecule has 3 aromatic carbocycles. The number of fused-ring (bicyclic) bond motifs is 1. The molecule has 4 aromatic rings.